The molecular formula is C42H24N2O. The van der Waals surface area contributed by atoms with Crippen molar-refractivity contribution in [3.8, 4) is 11.1 Å². The fraction of sp³-hybridized carbons (Fsp3) is 0. The van der Waals surface area contributed by atoms with E-state index in [1.807, 2.05) is 6.07 Å². The normalized spacial score (nSPS) is 12.4. The summed E-state index contributed by atoms with van der Waals surface area (Å²) in [5.74, 6) is 0. The standard InChI is InChI=1S/C42H24N2O/c1-3-18-35-27(10-1)29-13-8-14-30-31-15-9-16-32-34-24-25(26-12-7-17-33-28-11-2-6-21-39(28)45-42(26)33)22-23-36(34)44(41(31)32)38-20-5-4-19-37(38)43(35)40(29)30/h1-24H. The zero-order valence-electron chi connectivity index (χ0n) is 24.2. The molecule has 0 aliphatic heterocycles. The van der Waals surface area contributed by atoms with E-state index in [0.717, 1.165) is 33.1 Å². The van der Waals surface area contributed by atoms with Crippen molar-refractivity contribution in [2.45, 2.75) is 0 Å². The lowest BCUT2D eigenvalue weighted by molar-refractivity contribution is 0.670. The van der Waals surface area contributed by atoms with Gasteiger partial charge in [-0.15, -0.1) is 0 Å². The van der Waals surface area contributed by atoms with E-state index < -0.39 is 0 Å². The highest BCUT2D eigenvalue weighted by atomic mass is 16.3. The van der Waals surface area contributed by atoms with Crippen LogP contribution in [0.15, 0.2) is 150 Å². The van der Waals surface area contributed by atoms with E-state index in [-0.39, 0.29) is 0 Å². The molecule has 4 heterocycles. The minimum atomic E-state index is 0.919. The highest BCUT2D eigenvalue weighted by Gasteiger charge is 2.19. The minimum Gasteiger partial charge on any atom is -0.455 e. The summed E-state index contributed by atoms with van der Waals surface area (Å²) in [6.07, 6.45) is 0. The van der Waals surface area contributed by atoms with Crippen LogP contribution in [0.1, 0.15) is 0 Å². The molecule has 4 aromatic heterocycles. The van der Waals surface area contributed by atoms with Crippen LogP contribution in [-0.4, -0.2) is 8.80 Å². The lowest BCUT2D eigenvalue weighted by Gasteiger charge is -2.10. The summed E-state index contributed by atoms with van der Waals surface area (Å²) in [5, 5.41) is 9.83. The van der Waals surface area contributed by atoms with Gasteiger partial charge in [0, 0.05) is 48.7 Å². The summed E-state index contributed by atoms with van der Waals surface area (Å²) < 4.78 is 11.4. The van der Waals surface area contributed by atoms with Gasteiger partial charge in [-0.05, 0) is 42.0 Å². The van der Waals surface area contributed by atoms with Gasteiger partial charge in [-0.1, -0.05) is 109 Å². The fourth-order valence-corrected chi connectivity index (χ4v) is 8.01. The molecule has 0 radical (unpaired) electrons. The second kappa shape index (κ2) is 8.31. The Kier molecular flexibility index (Phi) is 4.32. The van der Waals surface area contributed by atoms with Gasteiger partial charge in [0.15, 0.2) is 0 Å². The van der Waals surface area contributed by atoms with Crippen LogP contribution < -0.4 is 0 Å². The number of nitrogens with zero attached hydrogens (tertiary/aromatic N) is 2. The van der Waals surface area contributed by atoms with Gasteiger partial charge in [0.05, 0.1) is 33.1 Å². The van der Waals surface area contributed by atoms with Crippen molar-refractivity contribution in [2.24, 2.45) is 0 Å². The van der Waals surface area contributed by atoms with E-state index in [0.29, 0.717) is 0 Å². The molecule has 0 saturated carbocycles. The summed E-state index contributed by atoms with van der Waals surface area (Å²) in [4.78, 5) is 0. The molecule has 11 aromatic rings. The average Bonchev–Trinajstić information content (AvgIpc) is 3.75. The Balaban J connectivity index is 1.36. The highest BCUT2D eigenvalue weighted by molar-refractivity contribution is 6.25. The molecule has 0 spiro atoms. The molecule has 0 N–H and O–H groups in total. The lowest BCUT2D eigenvalue weighted by atomic mass is 10.00. The van der Waals surface area contributed by atoms with Crippen LogP contribution in [0, 0.1) is 0 Å². The van der Waals surface area contributed by atoms with Crippen molar-refractivity contribution in [1.82, 2.24) is 8.80 Å². The zero-order chi connectivity index (χ0) is 29.2. The quantitative estimate of drug-likeness (QED) is 0.192. The van der Waals surface area contributed by atoms with Crippen molar-refractivity contribution in [3.05, 3.63) is 146 Å². The van der Waals surface area contributed by atoms with E-state index in [4.69, 9.17) is 4.42 Å². The number of para-hydroxylation sites is 7. The number of benzene rings is 7. The summed E-state index contributed by atoms with van der Waals surface area (Å²) in [6, 6.07) is 52.9. The maximum Gasteiger partial charge on any atom is 0.143 e. The number of fused-ring (bicyclic) bond motifs is 13. The lowest BCUT2D eigenvalue weighted by Crippen LogP contribution is -1.94. The van der Waals surface area contributed by atoms with E-state index in [9.17, 15) is 0 Å². The molecule has 0 atom stereocenters. The smallest absolute Gasteiger partial charge is 0.143 e. The first kappa shape index (κ1) is 23.4. The van der Waals surface area contributed by atoms with Crippen molar-refractivity contribution in [2.75, 3.05) is 0 Å². The molecular weight excluding hydrogens is 548 g/mol. The van der Waals surface area contributed by atoms with Gasteiger partial charge >= 0.3 is 0 Å². The second-order valence-electron chi connectivity index (χ2n) is 12.1. The van der Waals surface area contributed by atoms with Crippen molar-refractivity contribution < 1.29 is 4.42 Å². The zero-order valence-corrected chi connectivity index (χ0v) is 24.2. The van der Waals surface area contributed by atoms with Crippen LogP contribution in [0.3, 0.4) is 0 Å². The predicted molar refractivity (Wildman–Crippen MR) is 189 cm³/mol. The summed E-state index contributed by atoms with van der Waals surface area (Å²) in [6.45, 7) is 0. The van der Waals surface area contributed by atoms with Crippen LogP contribution in [0.2, 0.25) is 0 Å². The predicted octanol–water partition coefficient (Wildman–Crippen LogP) is 11.5. The Bertz CT molecular complexity index is 3040. The Morgan fingerprint density at radius 1 is 0.356 bits per heavy atom. The molecule has 3 nitrogen and oxygen atoms in total. The minimum absolute atomic E-state index is 0.919. The number of aromatic nitrogens is 2. The van der Waals surface area contributed by atoms with E-state index >= 15 is 0 Å². The van der Waals surface area contributed by atoms with Crippen LogP contribution in [-0.2, 0) is 0 Å². The Morgan fingerprint density at radius 3 is 1.60 bits per heavy atom. The van der Waals surface area contributed by atoms with Crippen molar-refractivity contribution in [3.63, 3.8) is 0 Å². The topological polar surface area (TPSA) is 22.0 Å². The Morgan fingerprint density at radius 2 is 0.867 bits per heavy atom. The van der Waals surface area contributed by atoms with Crippen LogP contribution >= 0.6 is 0 Å². The molecule has 0 bridgehead atoms. The molecule has 45 heavy (non-hydrogen) atoms. The van der Waals surface area contributed by atoms with Crippen LogP contribution in [0.5, 0.6) is 0 Å². The molecule has 7 aromatic carbocycles. The van der Waals surface area contributed by atoms with Crippen LogP contribution in [0.4, 0.5) is 0 Å². The van der Waals surface area contributed by atoms with Crippen molar-refractivity contribution in [1.29, 1.82) is 0 Å². The molecule has 0 aliphatic carbocycles. The van der Waals surface area contributed by atoms with Crippen molar-refractivity contribution >= 4 is 87.4 Å². The first-order valence-electron chi connectivity index (χ1n) is 15.5. The maximum atomic E-state index is 6.46. The monoisotopic (exact) mass is 572 g/mol. The molecule has 208 valence electrons. The molecule has 3 heteroatoms. The van der Waals surface area contributed by atoms with Gasteiger partial charge in [-0.3, -0.25) is 0 Å². The SMILES string of the molecule is c1ccc2c(c1)oc1c(-c3ccc4c(c3)c3cccc5c6cccc7c8ccccc8n(c8ccccc8n4c35)c76)cccc12. The average molecular weight is 573 g/mol. The first-order valence-corrected chi connectivity index (χ1v) is 15.5. The van der Waals surface area contributed by atoms with Gasteiger partial charge in [0.1, 0.15) is 11.2 Å². The Labute approximate surface area is 256 Å². The third-order valence-electron chi connectivity index (χ3n) is 9.85. The molecule has 0 saturated heterocycles. The molecule has 0 fully saturated rings. The van der Waals surface area contributed by atoms with E-state index in [1.165, 1.54) is 65.4 Å². The van der Waals surface area contributed by atoms with Gasteiger partial charge in [-0.2, -0.15) is 0 Å². The number of hydrogen-bond donors (Lipinski definition) is 0. The number of furan rings is 1. The third-order valence-corrected chi connectivity index (χ3v) is 9.85. The number of hydrogen-bond acceptors (Lipinski definition) is 1. The van der Waals surface area contributed by atoms with Crippen LogP contribution in [0.25, 0.3) is 98.5 Å². The first-order chi connectivity index (χ1) is 22.3. The Hall–Kier alpha value is -6.06. The summed E-state index contributed by atoms with van der Waals surface area (Å²) >= 11 is 0. The molecule has 11 rings (SSSR count). The fourth-order valence-electron chi connectivity index (χ4n) is 8.01. The summed E-state index contributed by atoms with van der Waals surface area (Å²) in [5.41, 5.74) is 11.4. The number of rotatable bonds is 1. The molecule has 0 unspecified atom stereocenters. The summed E-state index contributed by atoms with van der Waals surface area (Å²) in [7, 11) is 0. The van der Waals surface area contributed by atoms with Gasteiger partial charge in [0.25, 0.3) is 0 Å². The second-order valence-corrected chi connectivity index (χ2v) is 12.1. The maximum absolute atomic E-state index is 6.46. The highest BCUT2D eigenvalue weighted by Crippen LogP contribution is 2.42. The molecule has 0 aliphatic rings. The van der Waals surface area contributed by atoms with E-state index in [1.54, 1.807) is 0 Å². The third kappa shape index (κ3) is 2.90. The largest absolute Gasteiger partial charge is 0.455 e. The van der Waals surface area contributed by atoms with Gasteiger partial charge in [0.2, 0.25) is 0 Å². The molecule has 0 amide bonds. The van der Waals surface area contributed by atoms with Gasteiger partial charge in [-0.25, -0.2) is 0 Å². The van der Waals surface area contributed by atoms with E-state index in [2.05, 4.69) is 148 Å². The van der Waals surface area contributed by atoms with Gasteiger partial charge < -0.3 is 13.2 Å².